The van der Waals surface area contributed by atoms with Crippen molar-refractivity contribution in [1.82, 2.24) is 10.2 Å². The Kier molecular flexibility index (Phi) is 3.45. The number of nitrogens with zero attached hydrogens (tertiary/aromatic N) is 1. The molecule has 4 nitrogen and oxygen atoms in total. The summed E-state index contributed by atoms with van der Waals surface area (Å²) < 4.78 is 0. The van der Waals surface area contributed by atoms with Crippen molar-refractivity contribution in [1.29, 1.82) is 0 Å². The highest BCUT2D eigenvalue weighted by atomic mass is 35.5. The number of nitrogens with one attached hydrogen (secondary N) is 1. The highest BCUT2D eigenvalue weighted by molar-refractivity contribution is 6.30. The molecule has 0 radical (unpaired) electrons. The summed E-state index contributed by atoms with van der Waals surface area (Å²) in [5.41, 5.74) is 0.896. The van der Waals surface area contributed by atoms with Gasteiger partial charge in [0.1, 0.15) is 0 Å². The molecular weight excluding hydrogens is 240 g/mol. The molecule has 0 unspecified atom stereocenters. The fourth-order valence-electron chi connectivity index (χ4n) is 1.85. The lowest BCUT2D eigenvalue weighted by Gasteiger charge is -2.14. The van der Waals surface area contributed by atoms with Gasteiger partial charge in [-0.15, -0.1) is 0 Å². The van der Waals surface area contributed by atoms with Gasteiger partial charge in [0, 0.05) is 5.02 Å². The third-order valence-electron chi connectivity index (χ3n) is 2.85. The minimum Gasteiger partial charge on any atom is -0.308 e. The van der Waals surface area contributed by atoms with Crippen LogP contribution in [0.3, 0.4) is 0 Å². The maximum Gasteiger partial charge on any atom is 0.247 e. The van der Waals surface area contributed by atoms with Gasteiger partial charge in [-0.3, -0.25) is 14.5 Å². The predicted molar refractivity (Wildman–Crippen MR) is 64.5 cm³/mol. The number of rotatable bonds is 3. The molecular formula is C12H13ClN2O2. The zero-order valence-corrected chi connectivity index (χ0v) is 10.2. The van der Waals surface area contributed by atoms with E-state index in [1.807, 2.05) is 12.1 Å². The molecule has 2 rings (SSSR count). The van der Waals surface area contributed by atoms with E-state index in [9.17, 15) is 9.59 Å². The second kappa shape index (κ2) is 4.85. The molecule has 1 aliphatic rings. The molecule has 2 amide bonds. The number of amides is 2. The number of hydrogen-bond acceptors (Lipinski definition) is 3. The van der Waals surface area contributed by atoms with E-state index in [0.717, 1.165) is 5.56 Å². The summed E-state index contributed by atoms with van der Waals surface area (Å²) in [6, 6.07) is 6.75. The molecule has 5 heteroatoms. The van der Waals surface area contributed by atoms with Crippen molar-refractivity contribution < 1.29 is 9.59 Å². The Balaban J connectivity index is 2.11. The Labute approximate surface area is 105 Å². The molecule has 0 bridgehead atoms. The number of likely N-dealkylation sites (tertiary alicyclic amines) is 1. The van der Waals surface area contributed by atoms with E-state index in [1.54, 1.807) is 19.2 Å². The Morgan fingerprint density at radius 1 is 1.35 bits per heavy atom. The van der Waals surface area contributed by atoms with Crippen LogP contribution in [-0.4, -0.2) is 29.8 Å². The van der Waals surface area contributed by atoms with Crippen molar-refractivity contribution in [2.75, 3.05) is 7.05 Å². The van der Waals surface area contributed by atoms with E-state index in [0.29, 0.717) is 11.6 Å². The quantitative estimate of drug-likeness (QED) is 0.822. The van der Waals surface area contributed by atoms with Crippen LogP contribution in [0.15, 0.2) is 24.3 Å². The van der Waals surface area contributed by atoms with E-state index < -0.39 is 0 Å². The Bertz CT molecular complexity index is 444. The largest absolute Gasteiger partial charge is 0.308 e. The Hall–Kier alpha value is -1.39. The van der Waals surface area contributed by atoms with Crippen LogP contribution in [0, 0.1) is 0 Å². The Morgan fingerprint density at radius 3 is 2.53 bits per heavy atom. The summed E-state index contributed by atoms with van der Waals surface area (Å²) in [6.07, 6.45) is 0.239. The van der Waals surface area contributed by atoms with Crippen LogP contribution in [0.5, 0.6) is 0 Å². The fourth-order valence-corrected chi connectivity index (χ4v) is 1.97. The normalized spacial score (nSPS) is 20.1. The summed E-state index contributed by atoms with van der Waals surface area (Å²) in [5.74, 6) is -0.295. The van der Waals surface area contributed by atoms with E-state index in [1.165, 1.54) is 4.90 Å². The molecule has 1 saturated heterocycles. The predicted octanol–water partition coefficient (Wildman–Crippen LogP) is 1.19. The van der Waals surface area contributed by atoms with E-state index in [2.05, 4.69) is 5.32 Å². The molecule has 0 aromatic heterocycles. The lowest BCUT2D eigenvalue weighted by atomic mass is 10.2. The molecule has 17 heavy (non-hydrogen) atoms. The lowest BCUT2D eigenvalue weighted by molar-refractivity contribution is -0.139. The number of halogens is 1. The molecule has 1 aromatic rings. The minimum absolute atomic E-state index is 0.135. The minimum atomic E-state index is -0.380. The summed E-state index contributed by atoms with van der Waals surface area (Å²) >= 11 is 5.77. The monoisotopic (exact) mass is 252 g/mol. The molecule has 0 aliphatic carbocycles. The van der Waals surface area contributed by atoms with Crippen LogP contribution in [0.2, 0.25) is 5.02 Å². The van der Waals surface area contributed by atoms with Crippen LogP contribution in [0.4, 0.5) is 0 Å². The van der Waals surface area contributed by atoms with Gasteiger partial charge in [-0.1, -0.05) is 23.7 Å². The van der Waals surface area contributed by atoms with Crippen molar-refractivity contribution in [2.45, 2.75) is 19.0 Å². The number of hydrogen-bond donors (Lipinski definition) is 1. The van der Waals surface area contributed by atoms with Crippen molar-refractivity contribution in [2.24, 2.45) is 0 Å². The van der Waals surface area contributed by atoms with Gasteiger partial charge in [0.25, 0.3) is 0 Å². The average molecular weight is 253 g/mol. The maximum atomic E-state index is 11.8. The van der Waals surface area contributed by atoms with Gasteiger partial charge < -0.3 is 5.32 Å². The Morgan fingerprint density at radius 2 is 2.00 bits per heavy atom. The van der Waals surface area contributed by atoms with Gasteiger partial charge in [-0.2, -0.15) is 0 Å². The fraction of sp³-hybridized carbons (Fsp3) is 0.333. The van der Waals surface area contributed by atoms with Gasteiger partial charge in [-0.25, -0.2) is 0 Å². The van der Waals surface area contributed by atoms with Crippen molar-refractivity contribution >= 4 is 23.4 Å². The van der Waals surface area contributed by atoms with Crippen molar-refractivity contribution in [3.8, 4) is 0 Å². The standard InChI is InChI=1S/C12H13ClN2O2/c1-14-10-6-11(16)15(12(10)17)7-8-2-4-9(13)5-3-8/h2-5,10,14H,6-7H2,1H3/t10-/m1/s1. The topological polar surface area (TPSA) is 49.4 Å². The van der Waals surface area contributed by atoms with Gasteiger partial charge in [0.2, 0.25) is 11.8 Å². The number of carbonyl (C=O) groups is 2. The number of benzene rings is 1. The molecule has 90 valence electrons. The second-order valence-corrected chi connectivity index (χ2v) is 4.43. The third kappa shape index (κ3) is 2.48. The van der Waals surface area contributed by atoms with Gasteiger partial charge in [0.05, 0.1) is 19.0 Å². The molecule has 1 aromatic carbocycles. The van der Waals surface area contributed by atoms with Gasteiger partial charge in [-0.05, 0) is 24.7 Å². The lowest BCUT2D eigenvalue weighted by Crippen LogP contribution is -2.36. The maximum absolute atomic E-state index is 11.8. The molecule has 0 saturated carbocycles. The average Bonchev–Trinajstić information content (AvgIpc) is 2.59. The summed E-state index contributed by atoms with van der Waals surface area (Å²) in [7, 11) is 1.68. The number of likely N-dealkylation sites (N-methyl/N-ethyl adjacent to an activating group) is 1. The van der Waals surface area contributed by atoms with Gasteiger partial charge >= 0.3 is 0 Å². The number of imide groups is 1. The van der Waals surface area contributed by atoms with Crippen molar-refractivity contribution in [3.05, 3.63) is 34.9 Å². The summed E-state index contributed by atoms with van der Waals surface area (Å²) in [5, 5.41) is 3.48. The van der Waals surface area contributed by atoms with Crippen LogP contribution in [-0.2, 0) is 16.1 Å². The van der Waals surface area contributed by atoms with Crippen LogP contribution >= 0.6 is 11.6 Å². The van der Waals surface area contributed by atoms with E-state index >= 15 is 0 Å². The molecule has 1 aliphatic heterocycles. The first-order chi connectivity index (χ1) is 8.11. The van der Waals surface area contributed by atoms with E-state index in [4.69, 9.17) is 11.6 Å². The molecule has 1 atom stereocenters. The smallest absolute Gasteiger partial charge is 0.247 e. The molecule has 0 spiro atoms. The van der Waals surface area contributed by atoms with Crippen LogP contribution in [0.1, 0.15) is 12.0 Å². The van der Waals surface area contributed by atoms with E-state index in [-0.39, 0.29) is 24.3 Å². The first-order valence-electron chi connectivity index (χ1n) is 5.37. The van der Waals surface area contributed by atoms with Crippen molar-refractivity contribution in [3.63, 3.8) is 0 Å². The summed E-state index contributed by atoms with van der Waals surface area (Å²) in [6.45, 7) is 0.313. The summed E-state index contributed by atoms with van der Waals surface area (Å²) in [4.78, 5) is 24.8. The zero-order chi connectivity index (χ0) is 12.4. The second-order valence-electron chi connectivity index (χ2n) is 3.99. The first kappa shape index (κ1) is 12.1. The highest BCUT2D eigenvalue weighted by Crippen LogP contribution is 2.17. The van der Waals surface area contributed by atoms with Crippen LogP contribution in [0.25, 0.3) is 0 Å². The van der Waals surface area contributed by atoms with Crippen LogP contribution < -0.4 is 5.32 Å². The SMILES string of the molecule is CN[C@@H]1CC(=O)N(Cc2ccc(Cl)cc2)C1=O. The first-order valence-corrected chi connectivity index (χ1v) is 5.75. The highest BCUT2D eigenvalue weighted by Gasteiger charge is 2.37. The third-order valence-corrected chi connectivity index (χ3v) is 3.10. The molecule has 1 heterocycles. The molecule has 1 fully saturated rings. The zero-order valence-electron chi connectivity index (χ0n) is 9.44. The molecule has 1 N–H and O–H groups in total. The number of carbonyl (C=O) groups excluding carboxylic acids is 2. The van der Waals surface area contributed by atoms with Gasteiger partial charge in [0.15, 0.2) is 0 Å².